The molecule has 2 rings (SSSR count). The molecule has 2 N–H and O–H groups in total. The van der Waals surface area contributed by atoms with Crippen molar-refractivity contribution < 1.29 is 24.4 Å². The number of thioether (sulfide) groups is 1. The lowest BCUT2D eigenvalue weighted by Gasteiger charge is -2.16. The molecule has 124 valence electrons. The highest BCUT2D eigenvalue weighted by Gasteiger charge is 2.13. The first-order valence-corrected chi connectivity index (χ1v) is 8.06. The molecule has 5 nitrogen and oxygen atoms in total. The summed E-state index contributed by atoms with van der Waals surface area (Å²) in [5.41, 5.74) is 0. The molecular weight excluding hydrogens is 316 g/mol. The second-order valence-corrected chi connectivity index (χ2v) is 5.85. The molecule has 0 radical (unpaired) electrons. The third-order valence-corrected chi connectivity index (χ3v) is 4.23. The molecule has 0 heterocycles. The molecule has 0 amide bonds. The van der Waals surface area contributed by atoms with Gasteiger partial charge in [-0.05, 0) is 36.4 Å². The van der Waals surface area contributed by atoms with Crippen molar-refractivity contribution >= 4 is 11.8 Å². The average molecular weight is 336 g/mol. The summed E-state index contributed by atoms with van der Waals surface area (Å²) in [7, 11) is 3.10. The Morgan fingerprint density at radius 3 is 2.35 bits per heavy atom. The number of phenols is 1. The molecule has 0 fully saturated rings. The topological polar surface area (TPSA) is 68.2 Å². The molecule has 0 saturated heterocycles. The number of para-hydroxylation sites is 1. The van der Waals surface area contributed by atoms with Crippen molar-refractivity contribution in [1.29, 1.82) is 0 Å². The number of aliphatic hydroxyl groups excluding tert-OH is 1. The summed E-state index contributed by atoms with van der Waals surface area (Å²) in [6.07, 6.45) is -0.635. The molecule has 2 aromatic carbocycles. The Bertz CT molecular complexity index is 615. The van der Waals surface area contributed by atoms with Gasteiger partial charge in [-0.15, -0.1) is 11.8 Å². The van der Waals surface area contributed by atoms with E-state index in [9.17, 15) is 10.2 Å². The highest BCUT2D eigenvalue weighted by atomic mass is 32.2. The van der Waals surface area contributed by atoms with Crippen LogP contribution in [0, 0.1) is 0 Å². The summed E-state index contributed by atoms with van der Waals surface area (Å²) in [4.78, 5) is 0.973. The summed E-state index contributed by atoms with van der Waals surface area (Å²) in [5.74, 6) is 2.33. The van der Waals surface area contributed by atoms with Gasteiger partial charge < -0.3 is 24.4 Å². The van der Waals surface area contributed by atoms with Crippen LogP contribution in [0.25, 0.3) is 0 Å². The van der Waals surface area contributed by atoms with Crippen LogP contribution >= 0.6 is 11.8 Å². The van der Waals surface area contributed by atoms with Crippen molar-refractivity contribution in [3.63, 3.8) is 0 Å². The number of rotatable bonds is 8. The summed E-state index contributed by atoms with van der Waals surface area (Å²) >= 11 is 1.49. The number of hydrogen-bond acceptors (Lipinski definition) is 6. The lowest BCUT2D eigenvalue weighted by Crippen LogP contribution is -2.20. The highest BCUT2D eigenvalue weighted by Crippen LogP contribution is 2.36. The first-order valence-electron chi connectivity index (χ1n) is 7.07. The zero-order valence-corrected chi connectivity index (χ0v) is 13.9. The molecule has 1 unspecified atom stereocenters. The third-order valence-electron chi connectivity index (χ3n) is 3.08. The maximum Gasteiger partial charge on any atom is 0.203 e. The molecule has 6 heteroatoms. The number of benzene rings is 2. The molecule has 0 bridgehead atoms. The van der Waals surface area contributed by atoms with Gasteiger partial charge in [0, 0.05) is 10.6 Å². The van der Waals surface area contributed by atoms with Crippen LogP contribution in [0.4, 0.5) is 0 Å². The predicted octanol–water partition coefficient (Wildman–Crippen LogP) is 2.94. The van der Waals surface area contributed by atoms with E-state index < -0.39 is 6.10 Å². The minimum Gasteiger partial charge on any atom is -0.508 e. The molecule has 23 heavy (non-hydrogen) atoms. The van der Waals surface area contributed by atoms with Crippen molar-refractivity contribution in [3.05, 3.63) is 42.5 Å². The van der Waals surface area contributed by atoms with Gasteiger partial charge in [0.15, 0.2) is 11.5 Å². The second-order valence-electron chi connectivity index (χ2n) is 4.76. The number of phenolic OH excluding ortho intramolecular Hbond substituents is 1. The standard InChI is InChI=1S/C17H20O5S/c1-20-15-4-3-5-16(17(15)21-2)22-10-13(19)11-23-14-8-6-12(18)7-9-14/h3-9,13,18-19H,10-11H2,1-2H3. The Balaban J connectivity index is 1.87. The fourth-order valence-corrected chi connectivity index (χ4v) is 2.75. The van der Waals surface area contributed by atoms with Crippen LogP contribution in [0.3, 0.4) is 0 Å². The molecule has 1 atom stereocenters. The Hall–Kier alpha value is -2.05. The van der Waals surface area contributed by atoms with Crippen molar-refractivity contribution in [3.8, 4) is 23.0 Å². The zero-order valence-electron chi connectivity index (χ0n) is 13.1. The number of ether oxygens (including phenoxy) is 3. The molecule has 0 aliphatic heterocycles. The minimum atomic E-state index is -0.635. The van der Waals surface area contributed by atoms with Crippen LogP contribution in [0.5, 0.6) is 23.0 Å². The maximum atomic E-state index is 10.0. The van der Waals surface area contributed by atoms with Gasteiger partial charge in [-0.3, -0.25) is 0 Å². The van der Waals surface area contributed by atoms with Gasteiger partial charge in [0.05, 0.1) is 20.3 Å². The van der Waals surface area contributed by atoms with Gasteiger partial charge in [0.2, 0.25) is 5.75 Å². The van der Waals surface area contributed by atoms with Gasteiger partial charge in [0.25, 0.3) is 0 Å². The molecule has 0 aliphatic carbocycles. The van der Waals surface area contributed by atoms with Crippen molar-refractivity contribution in [2.24, 2.45) is 0 Å². The highest BCUT2D eigenvalue weighted by molar-refractivity contribution is 7.99. The fourth-order valence-electron chi connectivity index (χ4n) is 1.94. The van der Waals surface area contributed by atoms with E-state index in [-0.39, 0.29) is 12.4 Å². The lowest BCUT2D eigenvalue weighted by molar-refractivity contribution is 0.124. The van der Waals surface area contributed by atoms with E-state index in [1.54, 1.807) is 56.7 Å². The van der Waals surface area contributed by atoms with E-state index in [2.05, 4.69) is 0 Å². The monoisotopic (exact) mass is 336 g/mol. The maximum absolute atomic E-state index is 10.0. The van der Waals surface area contributed by atoms with E-state index >= 15 is 0 Å². The van der Waals surface area contributed by atoms with Crippen LogP contribution in [0.15, 0.2) is 47.4 Å². The van der Waals surface area contributed by atoms with E-state index in [0.717, 1.165) is 4.90 Å². The molecule has 0 saturated carbocycles. The van der Waals surface area contributed by atoms with E-state index in [1.807, 2.05) is 0 Å². The van der Waals surface area contributed by atoms with E-state index in [1.165, 1.54) is 11.8 Å². The Labute approximate surface area is 139 Å². The van der Waals surface area contributed by atoms with Crippen LogP contribution in [-0.4, -0.2) is 42.9 Å². The van der Waals surface area contributed by atoms with Gasteiger partial charge >= 0.3 is 0 Å². The van der Waals surface area contributed by atoms with Gasteiger partial charge in [-0.25, -0.2) is 0 Å². The Morgan fingerprint density at radius 1 is 1.00 bits per heavy atom. The van der Waals surface area contributed by atoms with Crippen molar-refractivity contribution in [1.82, 2.24) is 0 Å². The average Bonchev–Trinajstić information content (AvgIpc) is 2.58. The second kappa shape index (κ2) is 8.55. The third kappa shape index (κ3) is 4.97. The number of aliphatic hydroxyl groups is 1. The molecular formula is C17H20O5S. The van der Waals surface area contributed by atoms with E-state index in [4.69, 9.17) is 14.2 Å². The van der Waals surface area contributed by atoms with Crippen LogP contribution in [-0.2, 0) is 0 Å². The first kappa shape index (κ1) is 17.3. The summed E-state index contributed by atoms with van der Waals surface area (Å²) < 4.78 is 16.1. The number of aromatic hydroxyl groups is 1. The minimum absolute atomic E-state index is 0.147. The molecule has 0 aromatic heterocycles. The lowest BCUT2D eigenvalue weighted by atomic mass is 10.3. The molecule has 2 aromatic rings. The van der Waals surface area contributed by atoms with Crippen LogP contribution in [0.1, 0.15) is 0 Å². The number of methoxy groups -OCH3 is 2. The van der Waals surface area contributed by atoms with Crippen molar-refractivity contribution in [2.75, 3.05) is 26.6 Å². The van der Waals surface area contributed by atoms with E-state index in [0.29, 0.717) is 23.0 Å². The zero-order chi connectivity index (χ0) is 16.7. The number of hydrogen-bond donors (Lipinski definition) is 2. The first-order chi connectivity index (χ1) is 11.1. The smallest absolute Gasteiger partial charge is 0.203 e. The van der Waals surface area contributed by atoms with Crippen molar-refractivity contribution in [2.45, 2.75) is 11.0 Å². The Morgan fingerprint density at radius 2 is 1.70 bits per heavy atom. The van der Waals surface area contributed by atoms with Gasteiger partial charge in [-0.2, -0.15) is 0 Å². The van der Waals surface area contributed by atoms with Crippen LogP contribution < -0.4 is 14.2 Å². The summed E-state index contributed by atoms with van der Waals surface area (Å²) in [6.45, 7) is 0.147. The molecule has 0 aliphatic rings. The summed E-state index contributed by atoms with van der Waals surface area (Å²) in [5, 5.41) is 19.3. The Kier molecular flexibility index (Phi) is 6.43. The predicted molar refractivity (Wildman–Crippen MR) is 89.9 cm³/mol. The quantitative estimate of drug-likeness (QED) is 0.723. The van der Waals surface area contributed by atoms with Crippen LogP contribution in [0.2, 0.25) is 0 Å². The fraction of sp³-hybridized carbons (Fsp3) is 0.294. The normalized spacial score (nSPS) is 11.8. The SMILES string of the molecule is COc1cccc(OCC(O)CSc2ccc(O)cc2)c1OC. The van der Waals surface area contributed by atoms with Gasteiger partial charge in [-0.1, -0.05) is 6.07 Å². The van der Waals surface area contributed by atoms with Gasteiger partial charge in [0.1, 0.15) is 12.4 Å². The summed E-state index contributed by atoms with van der Waals surface area (Å²) in [6, 6.07) is 12.2. The molecule has 0 spiro atoms. The largest absolute Gasteiger partial charge is 0.508 e.